The summed E-state index contributed by atoms with van der Waals surface area (Å²) in [5.41, 5.74) is 0.740. The molecule has 0 saturated carbocycles. The standard InChI is InChI=1S/C11H10ClF3N2OS/c1-19-10(4-8(18)11(13,14)15)17-6-7-2-3-9(12)16-5-7/h2-5,17H,6H2,1H3/b10-4-. The summed E-state index contributed by atoms with van der Waals surface area (Å²) < 4.78 is 36.3. The van der Waals surface area contributed by atoms with E-state index in [4.69, 9.17) is 11.6 Å². The van der Waals surface area contributed by atoms with Crippen molar-refractivity contribution in [1.82, 2.24) is 10.3 Å². The molecule has 0 aliphatic carbocycles. The zero-order chi connectivity index (χ0) is 14.5. The molecule has 1 aromatic rings. The third-order valence-corrected chi connectivity index (χ3v) is 2.94. The van der Waals surface area contributed by atoms with Crippen LogP contribution in [-0.4, -0.2) is 23.2 Å². The highest BCUT2D eigenvalue weighted by molar-refractivity contribution is 8.02. The number of alkyl halides is 3. The van der Waals surface area contributed by atoms with Crippen molar-refractivity contribution in [3.63, 3.8) is 0 Å². The molecule has 1 N–H and O–H groups in total. The van der Waals surface area contributed by atoms with Crippen molar-refractivity contribution in [1.29, 1.82) is 0 Å². The lowest BCUT2D eigenvalue weighted by molar-refractivity contribution is -0.165. The molecule has 1 rings (SSSR count). The zero-order valence-electron chi connectivity index (χ0n) is 9.79. The molecule has 3 nitrogen and oxygen atoms in total. The number of thioether (sulfide) groups is 1. The lowest BCUT2D eigenvalue weighted by Crippen LogP contribution is -2.22. The van der Waals surface area contributed by atoms with E-state index in [2.05, 4.69) is 10.3 Å². The quantitative estimate of drug-likeness (QED) is 0.670. The highest BCUT2D eigenvalue weighted by Gasteiger charge is 2.36. The van der Waals surface area contributed by atoms with E-state index >= 15 is 0 Å². The Morgan fingerprint density at radius 2 is 2.21 bits per heavy atom. The molecular formula is C11H10ClF3N2OS. The van der Waals surface area contributed by atoms with Crippen molar-refractivity contribution >= 4 is 29.1 Å². The number of carbonyl (C=O) groups excluding carboxylic acids is 1. The van der Waals surface area contributed by atoms with Crippen LogP contribution in [0.25, 0.3) is 0 Å². The van der Waals surface area contributed by atoms with Crippen LogP contribution in [0.3, 0.4) is 0 Å². The predicted octanol–water partition coefficient (Wildman–Crippen LogP) is 3.16. The fourth-order valence-electron chi connectivity index (χ4n) is 1.08. The molecule has 0 amide bonds. The van der Waals surface area contributed by atoms with E-state index in [-0.39, 0.29) is 11.6 Å². The second-order valence-electron chi connectivity index (χ2n) is 3.42. The summed E-state index contributed by atoms with van der Waals surface area (Å²) in [5, 5.41) is 3.19. The molecule has 1 heterocycles. The maximum Gasteiger partial charge on any atom is 0.454 e. The van der Waals surface area contributed by atoms with Gasteiger partial charge in [0.1, 0.15) is 5.15 Å². The molecule has 0 bridgehead atoms. The molecule has 0 aliphatic rings. The maximum atomic E-state index is 12.1. The maximum absolute atomic E-state index is 12.1. The van der Waals surface area contributed by atoms with Gasteiger partial charge in [-0.2, -0.15) is 13.2 Å². The summed E-state index contributed by atoms with van der Waals surface area (Å²) >= 11 is 6.62. The third kappa shape index (κ3) is 5.52. The highest BCUT2D eigenvalue weighted by Crippen LogP contribution is 2.19. The Bertz CT molecular complexity index is 474. The fourth-order valence-corrected chi connectivity index (χ4v) is 1.64. The Labute approximate surface area is 117 Å². The average molecular weight is 311 g/mol. The number of rotatable bonds is 5. The summed E-state index contributed by atoms with van der Waals surface area (Å²) in [6, 6.07) is 3.26. The van der Waals surface area contributed by atoms with Crippen LogP contribution < -0.4 is 5.32 Å². The Kier molecular flexibility index (Phi) is 5.68. The molecule has 0 fully saturated rings. The Morgan fingerprint density at radius 1 is 1.53 bits per heavy atom. The van der Waals surface area contributed by atoms with Crippen LogP contribution in [0.15, 0.2) is 29.4 Å². The zero-order valence-corrected chi connectivity index (χ0v) is 11.4. The van der Waals surface area contributed by atoms with Gasteiger partial charge in [0.25, 0.3) is 5.78 Å². The van der Waals surface area contributed by atoms with Crippen molar-refractivity contribution in [3.05, 3.63) is 40.2 Å². The van der Waals surface area contributed by atoms with Crippen molar-refractivity contribution in [2.24, 2.45) is 0 Å². The largest absolute Gasteiger partial charge is 0.454 e. The van der Waals surface area contributed by atoms with Crippen LogP contribution in [0, 0.1) is 0 Å². The van der Waals surface area contributed by atoms with Crippen LogP contribution in [0.1, 0.15) is 5.56 Å². The van der Waals surface area contributed by atoms with Crippen LogP contribution in [-0.2, 0) is 11.3 Å². The number of nitrogens with one attached hydrogen (secondary N) is 1. The van der Waals surface area contributed by atoms with Crippen LogP contribution in [0.2, 0.25) is 5.15 Å². The fraction of sp³-hybridized carbons (Fsp3) is 0.273. The molecule has 19 heavy (non-hydrogen) atoms. The van der Waals surface area contributed by atoms with Crippen molar-refractivity contribution in [3.8, 4) is 0 Å². The van der Waals surface area contributed by atoms with Crippen LogP contribution in [0.5, 0.6) is 0 Å². The van der Waals surface area contributed by atoms with E-state index in [9.17, 15) is 18.0 Å². The molecule has 0 aromatic carbocycles. The Hall–Kier alpha value is -1.21. The number of hydrogen-bond acceptors (Lipinski definition) is 4. The minimum absolute atomic E-state index is 0.136. The lowest BCUT2D eigenvalue weighted by atomic mass is 10.3. The number of nitrogens with zero attached hydrogens (tertiary/aromatic N) is 1. The smallest absolute Gasteiger partial charge is 0.376 e. The first-order chi connectivity index (χ1) is 8.82. The molecule has 0 aliphatic heterocycles. The van der Waals surface area contributed by atoms with Crippen LogP contribution >= 0.6 is 23.4 Å². The summed E-state index contributed by atoms with van der Waals surface area (Å²) in [4.78, 5) is 14.6. The van der Waals surface area contributed by atoms with Gasteiger partial charge >= 0.3 is 6.18 Å². The van der Waals surface area contributed by atoms with E-state index in [1.165, 1.54) is 6.20 Å². The van der Waals surface area contributed by atoms with Gasteiger partial charge < -0.3 is 5.32 Å². The first kappa shape index (κ1) is 15.8. The summed E-state index contributed by atoms with van der Waals surface area (Å²) in [5.74, 6) is -1.89. The van der Waals surface area contributed by atoms with Crippen LogP contribution in [0.4, 0.5) is 13.2 Å². The second kappa shape index (κ2) is 6.81. The molecule has 104 valence electrons. The van der Waals surface area contributed by atoms with E-state index in [1.807, 2.05) is 0 Å². The summed E-state index contributed by atoms with van der Waals surface area (Å²) in [6.07, 6.45) is -1.25. The van der Waals surface area contributed by atoms with Gasteiger partial charge in [-0.25, -0.2) is 4.98 Å². The number of carbonyl (C=O) groups is 1. The normalized spacial score (nSPS) is 12.4. The molecule has 1 aromatic heterocycles. The Balaban J connectivity index is 2.65. The number of pyridine rings is 1. The van der Waals surface area contributed by atoms with E-state index < -0.39 is 12.0 Å². The number of allylic oxidation sites excluding steroid dienone is 1. The van der Waals surface area contributed by atoms with E-state index in [0.717, 1.165) is 17.3 Å². The number of ketones is 1. The monoisotopic (exact) mass is 310 g/mol. The molecule has 0 atom stereocenters. The molecule has 0 unspecified atom stereocenters. The topological polar surface area (TPSA) is 42.0 Å². The van der Waals surface area contributed by atoms with Gasteiger partial charge in [0.2, 0.25) is 0 Å². The first-order valence-electron chi connectivity index (χ1n) is 5.04. The highest BCUT2D eigenvalue weighted by atomic mass is 35.5. The molecule has 0 spiro atoms. The van der Waals surface area contributed by atoms with Gasteiger partial charge in [-0.15, -0.1) is 11.8 Å². The Morgan fingerprint density at radius 3 is 2.68 bits per heavy atom. The van der Waals surface area contributed by atoms with Gasteiger partial charge in [0, 0.05) is 18.8 Å². The lowest BCUT2D eigenvalue weighted by Gasteiger charge is -2.09. The summed E-state index contributed by atoms with van der Waals surface area (Å²) in [7, 11) is 0. The molecular weight excluding hydrogens is 301 g/mol. The van der Waals surface area contributed by atoms with Gasteiger partial charge in [0.05, 0.1) is 5.03 Å². The molecule has 8 heteroatoms. The van der Waals surface area contributed by atoms with E-state index in [1.54, 1.807) is 18.4 Å². The second-order valence-corrected chi connectivity index (χ2v) is 4.65. The third-order valence-electron chi connectivity index (χ3n) is 2.02. The molecule has 0 radical (unpaired) electrons. The van der Waals surface area contributed by atoms with Gasteiger partial charge in [-0.1, -0.05) is 17.7 Å². The van der Waals surface area contributed by atoms with Crippen molar-refractivity contribution in [2.45, 2.75) is 12.7 Å². The minimum atomic E-state index is -4.86. The summed E-state index contributed by atoms with van der Waals surface area (Å²) in [6.45, 7) is 0.252. The number of halogens is 4. The SMILES string of the molecule is CS/C(=C\C(=O)C(F)(F)F)NCc1ccc(Cl)nc1. The first-order valence-corrected chi connectivity index (χ1v) is 6.64. The van der Waals surface area contributed by atoms with E-state index in [0.29, 0.717) is 11.2 Å². The predicted molar refractivity (Wildman–Crippen MR) is 68.7 cm³/mol. The average Bonchev–Trinajstić information content (AvgIpc) is 2.35. The van der Waals surface area contributed by atoms with Crippen molar-refractivity contribution in [2.75, 3.05) is 6.26 Å². The van der Waals surface area contributed by atoms with Gasteiger partial charge in [0.15, 0.2) is 0 Å². The molecule has 0 saturated heterocycles. The van der Waals surface area contributed by atoms with Crippen molar-refractivity contribution < 1.29 is 18.0 Å². The van der Waals surface area contributed by atoms with Gasteiger partial charge in [-0.3, -0.25) is 4.79 Å². The van der Waals surface area contributed by atoms with Gasteiger partial charge in [-0.05, 0) is 17.9 Å². The minimum Gasteiger partial charge on any atom is -0.376 e. The number of hydrogen-bond donors (Lipinski definition) is 1. The number of aromatic nitrogens is 1.